The lowest BCUT2D eigenvalue weighted by atomic mass is 10.0. The fraction of sp³-hybridized carbons (Fsp3) is 0.316. The van der Waals surface area contributed by atoms with Crippen LogP contribution < -0.4 is 10.6 Å². The number of ether oxygens (including phenoxy) is 1. The predicted octanol–water partition coefficient (Wildman–Crippen LogP) is 2.70. The number of rotatable bonds is 8. The molecule has 2 N–H and O–H groups in total. The van der Waals surface area contributed by atoms with Crippen LogP contribution in [0.3, 0.4) is 0 Å². The van der Waals surface area contributed by atoms with Crippen LogP contribution in [0.5, 0.6) is 0 Å². The summed E-state index contributed by atoms with van der Waals surface area (Å²) in [6.07, 6.45) is 1.35. The Kier molecular flexibility index (Phi) is 6.96. The van der Waals surface area contributed by atoms with Gasteiger partial charge in [0.05, 0.1) is 12.7 Å². The summed E-state index contributed by atoms with van der Waals surface area (Å²) >= 11 is 0. The van der Waals surface area contributed by atoms with Gasteiger partial charge in [-0.2, -0.15) is 0 Å². The first kappa shape index (κ1) is 19.2. The summed E-state index contributed by atoms with van der Waals surface area (Å²) in [5, 5.41) is 5.27. The minimum absolute atomic E-state index is 0.0394. The van der Waals surface area contributed by atoms with Crippen molar-refractivity contribution in [1.82, 2.24) is 5.32 Å². The Hall–Kier alpha value is -3.09. The van der Waals surface area contributed by atoms with Crippen molar-refractivity contribution in [3.8, 4) is 0 Å². The summed E-state index contributed by atoms with van der Waals surface area (Å²) in [4.78, 5) is 35.2. The highest BCUT2D eigenvalue weighted by atomic mass is 16.5. The maximum atomic E-state index is 12.0. The third kappa shape index (κ3) is 5.77. The molecule has 0 radical (unpaired) electrons. The van der Waals surface area contributed by atoms with Crippen LogP contribution in [0.2, 0.25) is 0 Å². The van der Waals surface area contributed by atoms with Crippen LogP contribution >= 0.6 is 0 Å². The lowest BCUT2D eigenvalue weighted by Crippen LogP contribution is -2.27. The van der Waals surface area contributed by atoms with Gasteiger partial charge in [0.1, 0.15) is 0 Å². The summed E-state index contributed by atoms with van der Waals surface area (Å²) in [5.74, 6) is -0.970. The second-order valence-corrected chi connectivity index (χ2v) is 5.93. The molecule has 2 amide bonds. The maximum Gasteiger partial charge on any atom is 0.308 e. The quantitative estimate of drug-likeness (QED) is 0.707. The summed E-state index contributed by atoms with van der Waals surface area (Å²) < 4.78 is 9.86. The van der Waals surface area contributed by atoms with Crippen molar-refractivity contribution in [3.63, 3.8) is 0 Å². The molecule has 138 valence electrons. The standard InChI is InChI=1S/C19H22N2O5/c1-13(2)14-6-3-4-7-15(14)21-17(22)12-26-18(23)9-10-20-19(24)16-8-5-11-25-16/h3-8,11,13H,9-10,12H2,1-2H3,(H,20,24)(H,21,22). The van der Waals surface area contributed by atoms with E-state index in [1.165, 1.54) is 12.3 Å². The molecule has 0 spiro atoms. The van der Waals surface area contributed by atoms with E-state index >= 15 is 0 Å². The molecule has 7 nitrogen and oxygen atoms in total. The smallest absolute Gasteiger partial charge is 0.308 e. The van der Waals surface area contributed by atoms with Crippen LogP contribution in [0.25, 0.3) is 0 Å². The summed E-state index contributed by atoms with van der Waals surface area (Å²) in [6, 6.07) is 10.6. The number of anilines is 1. The maximum absolute atomic E-state index is 12.0. The topological polar surface area (TPSA) is 97.6 Å². The Morgan fingerprint density at radius 2 is 1.88 bits per heavy atom. The first-order chi connectivity index (χ1) is 12.5. The van der Waals surface area contributed by atoms with E-state index in [4.69, 9.17) is 9.15 Å². The molecule has 1 aromatic heterocycles. The largest absolute Gasteiger partial charge is 0.459 e. The second-order valence-electron chi connectivity index (χ2n) is 5.93. The monoisotopic (exact) mass is 358 g/mol. The molecule has 7 heteroatoms. The van der Waals surface area contributed by atoms with Gasteiger partial charge < -0.3 is 19.8 Å². The lowest BCUT2D eigenvalue weighted by Gasteiger charge is -2.13. The highest BCUT2D eigenvalue weighted by Gasteiger charge is 2.12. The molecule has 0 aliphatic heterocycles. The summed E-state index contributed by atoms with van der Waals surface area (Å²) in [5.41, 5.74) is 1.71. The highest BCUT2D eigenvalue weighted by Crippen LogP contribution is 2.23. The Morgan fingerprint density at radius 1 is 1.12 bits per heavy atom. The van der Waals surface area contributed by atoms with Gasteiger partial charge in [-0.25, -0.2) is 0 Å². The molecule has 2 rings (SSSR count). The van der Waals surface area contributed by atoms with E-state index < -0.39 is 17.8 Å². The van der Waals surface area contributed by atoms with Gasteiger partial charge in [-0.3, -0.25) is 14.4 Å². The lowest BCUT2D eigenvalue weighted by molar-refractivity contribution is -0.147. The number of hydrogen-bond donors (Lipinski definition) is 2. The number of hydrogen-bond acceptors (Lipinski definition) is 5. The Balaban J connectivity index is 1.70. The number of amides is 2. The van der Waals surface area contributed by atoms with E-state index in [-0.39, 0.29) is 31.3 Å². The number of carbonyl (C=O) groups is 3. The van der Waals surface area contributed by atoms with E-state index in [9.17, 15) is 14.4 Å². The molecule has 0 atom stereocenters. The average molecular weight is 358 g/mol. The van der Waals surface area contributed by atoms with Crippen molar-refractivity contribution in [2.24, 2.45) is 0 Å². The molecule has 0 saturated carbocycles. The normalized spacial score (nSPS) is 10.4. The van der Waals surface area contributed by atoms with Crippen molar-refractivity contribution in [2.45, 2.75) is 26.2 Å². The molecule has 0 aliphatic rings. The zero-order valence-electron chi connectivity index (χ0n) is 14.8. The van der Waals surface area contributed by atoms with Crippen LogP contribution in [-0.2, 0) is 14.3 Å². The molecule has 0 bridgehead atoms. The van der Waals surface area contributed by atoms with E-state index in [1.807, 2.05) is 32.0 Å². The van der Waals surface area contributed by atoms with Gasteiger partial charge in [0.2, 0.25) is 0 Å². The van der Waals surface area contributed by atoms with Gasteiger partial charge in [0, 0.05) is 12.2 Å². The number of nitrogens with one attached hydrogen (secondary N) is 2. The number of furan rings is 1. The number of benzene rings is 1. The first-order valence-corrected chi connectivity index (χ1v) is 8.33. The van der Waals surface area contributed by atoms with Gasteiger partial charge in [-0.1, -0.05) is 32.0 Å². The van der Waals surface area contributed by atoms with Crippen LogP contribution in [-0.4, -0.2) is 30.9 Å². The fourth-order valence-corrected chi connectivity index (χ4v) is 2.29. The third-order valence-corrected chi connectivity index (χ3v) is 3.58. The minimum Gasteiger partial charge on any atom is -0.459 e. The molecule has 0 aliphatic carbocycles. The SMILES string of the molecule is CC(C)c1ccccc1NC(=O)COC(=O)CCNC(=O)c1ccco1. The van der Waals surface area contributed by atoms with E-state index in [0.29, 0.717) is 5.69 Å². The van der Waals surface area contributed by atoms with Crippen LogP contribution in [0, 0.1) is 0 Å². The molecule has 0 saturated heterocycles. The molecule has 0 unspecified atom stereocenters. The van der Waals surface area contributed by atoms with Gasteiger partial charge in [-0.15, -0.1) is 0 Å². The Morgan fingerprint density at radius 3 is 2.58 bits per heavy atom. The van der Waals surface area contributed by atoms with Gasteiger partial charge in [0.25, 0.3) is 11.8 Å². The molecule has 26 heavy (non-hydrogen) atoms. The molecule has 0 fully saturated rings. The fourth-order valence-electron chi connectivity index (χ4n) is 2.29. The number of esters is 1. The van der Waals surface area contributed by atoms with Gasteiger partial charge in [0.15, 0.2) is 12.4 Å². The third-order valence-electron chi connectivity index (χ3n) is 3.58. The number of carbonyl (C=O) groups excluding carboxylic acids is 3. The zero-order valence-corrected chi connectivity index (χ0v) is 14.8. The zero-order chi connectivity index (χ0) is 18.9. The van der Waals surface area contributed by atoms with Crippen molar-refractivity contribution < 1.29 is 23.5 Å². The second kappa shape index (κ2) is 9.41. The predicted molar refractivity (Wildman–Crippen MR) is 95.8 cm³/mol. The Bertz CT molecular complexity index is 753. The summed E-state index contributed by atoms with van der Waals surface area (Å²) in [6.45, 7) is 3.78. The van der Waals surface area contributed by atoms with Crippen LogP contribution in [0.15, 0.2) is 47.1 Å². The van der Waals surface area contributed by atoms with E-state index in [0.717, 1.165) is 5.56 Å². The molecule has 2 aromatic rings. The van der Waals surface area contributed by atoms with Crippen molar-refractivity contribution in [2.75, 3.05) is 18.5 Å². The van der Waals surface area contributed by atoms with E-state index in [2.05, 4.69) is 10.6 Å². The first-order valence-electron chi connectivity index (χ1n) is 8.33. The Labute approximate surface area is 151 Å². The molecule has 1 heterocycles. The molecular weight excluding hydrogens is 336 g/mol. The van der Waals surface area contributed by atoms with Crippen molar-refractivity contribution >= 4 is 23.5 Å². The minimum atomic E-state index is -0.572. The summed E-state index contributed by atoms with van der Waals surface area (Å²) in [7, 11) is 0. The van der Waals surface area contributed by atoms with Gasteiger partial charge in [-0.05, 0) is 29.7 Å². The van der Waals surface area contributed by atoms with Gasteiger partial charge >= 0.3 is 5.97 Å². The highest BCUT2D eigenvalue weighted by molar-refractivity contribution is 5.94. The average Bonchev–Trinajstić information content (AvgIpc) is 3.15. The molecular formula is C19H22N2O5. The van der Waals surface area contributed by atoms with Crippen molar-refractivity contribution in [3.05, 3.63) is 54.0 Å². The van der Waals surface area contributed by atoms with Crippen LogP contribution in [0.1, 0.15) is 42.3 Å². The van der Waals surface area contributed by atoms with Crippen LogP contribution in [0.4, 0.5) is 5.69 Å². The van der Waals surface area contributed by atoms with E-state index in [1.54, 1.807) is 12.1 Å². The molecule has 1 aromatic carbocycles. The van der Waals surface area contributed by atoms with Crippen molar-refractivity contribution in [1.29, 1.82) is 0 Å². The number of para-hydroxylation sites is 1.